The molecule has 134 valence electrons. The largest absolute Gasteiger partial charge is 0.360 e. The Morgan fingerprint density at radius 3 is 2.92 bits per heavy atom. The smallest absolute Gasteiger partial charge is 0.316 e. The number of pyridine rings is 1. The number of urea groups is 1. The van der Waals surface area contributed by atoms with Gasteiger partial charge in [-0.3, -0.25) is 0 Å². The van der Waals surface area contributed by atoms with Crippen molar-refractivity contribution in [1.29, 1.82) is 0 Å². The number of amides is 2. The molecule has 1 aromatic carbocycles. The summed E-state index contributed by atoms with van der Waals surface area (Å²) in [7, 11) is 0. The van der Waals surface area contributed by atoms with Crippen LogP contribution in [0.3, 0.4) is 0 Å². The number of nitrogens with zero attached hydrogens (tertiary/aromatic N) is 3. The highest BCUT2D eigenvalue weighted by atomic mass is 19.1. The minimum atomic E-state index is -1.04. The predicted octanol–water partition coefficient (Wildman–Crippen LogP) is 3.25. The summed E-state index contributed by atoms with van der Waals surface area (Å²) >= 11 is 0. The van der Waals surface area contributed by atoms with Crippen LogP contribution in [0.15, 0.2) is 48.8 Å². The van der Waals surface area contributed by atoms with Gasteiger partial charge in [-0.15, -0.1) is 0 Å². The number of anilines is 2. The van der Waals surface area contributed by atoms with Crippen molar-refractivity contribution < 1.29 is 13.6 Å². The number of primary amides is 1. The van der Waals surface area contributed by atoms with Crippen LogP contribution in [0.1, 0.15) is 18.0 Å². The second-order valence-electron chi connectivity index (χ2n) is 6.29. The molecule has 26 heavy (non-hydrogen) atoms. The molecule has 0 aliphatic carbocycles. The summed E-state index contributed by atoms with van der Waals surface area (Å²) in [6.07, 6.45) is 2.44. The van der Waals surface area contributed by atoms with Gasteiger partial charge in [-0.1, -0.05) is 12.1 Å². The van der Waals surface area contributed by atoms with E-state index in [-0.39, 0.29) is 24.8 Å². The van der Waals surface area contributed by atoms with Crippen LogP contribution in [0, 0.1) is 5.82 Å². The first-order valence-corrected chi connectivity index (χ1v) is 8.22. The number of alkyl halides is 1. The molecule has 1 aliphatic rings. The number of rotatable bonds is 3. The number of hydrogen-bond donors (Lipinski definition) is 2. The standard InChI is InChI=1S/C18H17F2N5O/c19-12-4-1-3-11(7-12)16-8-13(20)10-24(16)15-5-2-6-25-17(15)14(9-22-25)23-18(21)26/h1-7,9,13,16H,8,10H2,(H3,21,23,26)/t13-,16+/m0/s1. The minimum absolute atomic E-state index is 0.169. The van der Waals surface area contributed by atoms with Gasteiger partial charge in [0.05, 0.1) is 23.6 Å². The molecule has 3 aromatic rings. The van der Waals surface area contributed by atoms with Crippen LogP contribution in [0.4, 0.5) is 25.0 Å². The van der Waals surface area contributed by atoms with Crippen molar-refractivity contribution in [3.8, 4) is 0 Å². The number of halogens is 2. The topological polar surface area (TPSA) is 75.7 Å². The van der Waals surface area contributed by atoms with Crippen molar-refractivity contribution in [2.45, 2.75) is 18.6 Å². The Hall–Kier alpha value is -3.16. The Bertz CT molecular complexity index is 973. The van der Waals surface area contributed by atoms with E-state index in [1.54, 1.807) is 28.9 Å². The van der Waals surface area contributed by atoms with Gasteiger partial charge in [0.2, 0.25) is 0 Å². The number of hydrogen-bond acceptors (Lipinski definition) is 3. The van der Waals surface area contributed by atoms with Gasteiger partial charge in [-0.2, -0.15) is 5.10 Å². The molecule has 1 saturated heterocycles. The Morgan fingerprint density at radius 1 is 1.31 bits per heavy atom. The molecule has 3 heterocycles. The maximum absolute atomic E-state index is 14.3. The molecule has 1 fully saturated rings. The second-order valence-corrected chi connectivity index (χ2v) is 6.29. The van der Waals surface area contributed by atoms with Crippen LogP contribution in [-0.2, 0) is 0 Å². The third-order valence-corrected chi connectivity index (χ3v) is 4.57. The fourth-order valence-corrected chi connectivity index (χ4v) is 3.56. The number of fused-ring (bicyclic) bond motifs is 1. The third-order valence-electron chi connectivity index (χ3n) is 4.57. The van der Waals surface area contributed by atoms with E-state index in [0.29, 0.717) is 22.5 Å². The van der Waals surface area contributed by atoms with Crippen LogP contribution in [0.2, 0.25) is 0 Å². The number of nitrogens with two attached hydrogens (primary N) is 1. The second kappa shape index (κ2) is 6.29. The monoisotopic (exact) mass is 357 g/mol. The van der Waals surface area contributed by atoms with Gasteiger partial charge in [-0.25, -0.2) is 18.1 Å². The molecule has 2 amide bonds. The fraction of sp³-hybridized carbons (Fsp3) is 0.222. The van der Waals surface area contributed by atoms with Crippen molar-refractivity contribution in [2.75, 3.05) is 16.8 Å². The van der Waals surface area contributed by atoms with E-state index in [2.05, 4.69) is 10.4 Å². The van der Waals surface area contributed by atoms with Crippen molar-refractivity contribution >= 4 is 22.9 Å². The lowest BCUT2D eigenvalue weighted by Crippen LogP contribution is -2.25. The quantitative estimate of drug-likeness (QED) is 0.755. The summed E-state index contributed by atoms with van der Waals surface area (Å²) in [5.74, 6) is -0.358. The summed E-state index contributed by atoms with van der Waals surface area (Å²) in [4.78, 5) is 13.2. The normalized spacial score (nSPS) is 19.8. The molecule has 0 bridgehead atoms. The van der Waals surface area contributed by atoms with E-state index in [4.69, 9.17) is 5.73 Å². The van der Waals surface area contributed by atoms with Crippen LogP contribution in [0.25, 0.3) is 5.52 Å². The molecule has 6 nitrogen and oxygen atoms in total. The summed E-state index contributed by atoms with van der Waals surface area (Å²) in [5, 5.41) is 6.74. The fourth-order valence-electron chi connectivity index (χ4n) is 3.56. The zero-order valence-electron chi connectivity index (χ0n) is 13.8. The summed E-state index contributed by atoms with van der Waals surface area (Å²) in [6.45, 7) is 0.169. The van der Waals surface area contributed by atoms with E-state index < -0.39 is 12.2 Å². The van der Waals surface area contributed by atoms with Gasteiger partial charge < -0.3 is 16.0 Å². The maximum Gasteiger partial charge on any atom is 0.316 e. The van der Waals surface area contributed by atoms with Crippen molar-refractivity contribution in [3.63, 3.8) is 0 Å². The van der Waals surface area contributed by atoms with Gasteiger partial charge in [0.1, 0.15) is 17.5 Å². The van der Waals surface area contributed by atoms with Gasteiger partial charge in [0.25, 0.3) is 0 Å². The molecule has 8 heteroatoms. The average Bonchev–Trinajstić information content (AvgIpc) is 3.18. The Balaban J connectivity index is 1.82. The highest BCUT2D eigenvalue weighted by Crippen LogP contribution is 2.40. The Morgan fingerprint density at radius 2 is 2.15 bits per heavy atom. The van der Waals surface area contributed by atoms with Gasteiger partial charge in [0, 0.05) is 19.2 Å². The highest BCUT2D eigenvalue weighted by molar-refractivity contribution is 5.97. The van der Waals surface area contributed by atoms with Crippen LogP contribution in [-0.4, -0.2) is 28.4 Å². The molecule has 0 unspecified atom stereocenters. The van der Waals surface area contributed by atoms with Crippen LogP contribution in [0.5, 0.6) is 0 Å². The Kier molecular flexibility index (Phi) is 3.95. The molecule has 3 N–H and O–H groups in total. The molecule has 2 atom stereocenters. The SMILES string of the molecule is NC(=O)Nc1cnn2cccc(N3C[C@@H](F)C[C@@H]3c3cccc(F)c3)c12. The van der Waals surface area contributed by atoms with Gasteiger partial charge >= 0.3 is 6.03 Å². The van der Waals surface area contributed by atoms with E-state index in [1.165, 1.54) is 18.3 Å². The number of carbonyl (C=O) groups is 1. The van der Waals surface area contributed by atoms with Crippen molar-refractivity contribution in [2.24, 2.45) is 5.73 Å². The van der Waals surface area contributed by atoms with E-state index >= 15 is 0 Å². The number of aromatic nitrogens is 2. The first-order chi connectivity index (χ1) is 12.5. The molecular formula is C18H17F2N5O. The van der Waals surface area contributed by atoms with E-state index in [0.717, 1.165) is 0 Å². The van der Waals surface area contributed by atoms with E-state index in [1.807, 2.05) is 11.0 Å². The predicted molar refractivity (Wildman–Crippen MR) is 94.4 cm³/mol. The maximum atomic E-state index is 14.3. The van der Waals surface area contributed by atoms with Gasteiger partial charge in [-0.05, 0) is 29.8 Å². The molecule has 0 radical (unpaired) electrons. The average molecular weight is 357 g/mol. The highest BCUT2D eigenvalue weighted by Gasteiger charge is 2.35. The lowest BCUT2D eigenvalue weighted by Gasteiger charge is -2.27. The summed E-state index contributed by atoms with van der Waals surface area (Å²) < 4.78 is 29.5. The lowest BCUT2D eigenvalue weighted by molar-refractivity contribution is 0.259. The third kappa shape index (κ3) is 2.83. The molecule has 0 spiro atoms. The first kappa shape index (κ1) is 16.3. The van der Waals surface area contributed by atoms with Crippen molar-refractivity contribution in [3.05, 3.63) is 60.2 Å². The number of carbonyl (C=O) groups excluding carboxylic acids is 1. The number of benzene rings is 1. The minimum Gasteiger partial charge on any atom is -0.360 e. The van der Waals surface area contributed by atoms with Crippen LogP contribution < -0.4 is 16.0 Å². The Labute approximate surface area is 148 Å². The molecule has 4 rings (SSSR count). The zero-order valence-corrected chi connectivity index (χ0v) is 13.8. The lowest BCUT2D eigenvalue weighted by atomic mass is 10.0. The first-order valence-electron chi connectivity index (χ1n) is 8.22. The summed E-state index contributed by atoms with van der Waals surface area (Å²) in [6, 6.07) is 8.79. The van der Waals surface area contributed by atoms with Crippen molar-refractivity contribution in [1.82, 2.24) is 9.61 Å². The van der Waals surface area contributed by atoms with Gasteiger partial charge in [0.15, 0.2) is 0 Å². The number of nitrogens with one attached hydrogen (secondary N) is 1. The molecular weight excluding hydrogens is 340 g/mol. The molecule has 2 aromatic heterocycles. The molecule has 0 saturated carbocycles. The molecule has 1 aliphatic heterocycles. The van der Waals surface area contributed by atoms with Crippen LogP contribution >= 0.6 is 0 Å². The zero-order chi connectivity index (χ0) is 18.3. The van der Waals surface area contributed by atoms with E-state index in [9.17, 15) is 13.6 Å². The summed E-state index contributed by atoms with van der Waals surface area (Å²) in [5.41, 5.74) is 7.69.